The summed E-state index contributed by atoms with van der Waals surface area (Å²) in [5, 5.41) is 2.81. The van der Waals surface area contributed by atoms with E-state index >= 15 is 0 Å². The van der Waals surface area contributed by atoms with Gasteiger partial charge in [-0.2, -0.15) is 8.42 Å². The fourth-order valence-corrected chi connectivity index (χ4v) is 4.61. The van der Waals surface area contributed by atoms with Crippen molar-refractivity contribution in [2.75, 3.05) is 13.7 Å². The van der Waals surface area contributed by atoms with Crippen molar-refractivity contribution in [1.82, 2.24) is 5.32 Å². The molecule has 0 aromatic heterocycles. The molecule has 34 heavy (non-hydrogen) atoms. The second kappa shape index (κ2) is 10.7. The molecule has 1 saturated carbocycles. The van der Waals surface area contributed by atoms with Gasteiger partial charge < -0.3 is 19.0 Å². The third kappa shape index (κ3) is 6.84. The molecule has 1 unspecified atom stereocenters. The van der Waals surface area contributed by atoms with Crippen molar-refractivity contribution >= 4 is 28.1 Å². The Morgan fingerprint density at radius 3 is 2.53 bits per heavy atom. The number of methoxy groups -OCH3 is 1. The lowest BCUT2D eigenvalue weighted by Gasteiger charge is -2.13. The Kier molecular flexibility index (Phi) is 7.98. The zero-order valence-corrected chi connectivity index (χ0v) is 20.5. The minimum absolute atomic E-state index is 0.0181. The van der Waals surface area contributed by atoms with Gasteiger partial charge in [-0.1, -0.05) is 18.2 Å². The average Bonchev–Trinajstić information content (AvgIpc) is 3.64. The van der Waals surface area contributed by atoms with Crippen LogP contribution in [0, 0.1) is 19.8 Å². The highest BCUT2D eigenvalue weighted by Crippen LogP contribution is 2.33. The first-order chi connectivity index (χ1) is 16.1. The average molecular weight is 488 g/mol. The van der Waals surface area contributed by atoms with E-state index in [1.807, 2.05) is 13.0 Å². The van der Waals surface area contributed by atoms with Crippen LogP contribution < -0.4 is 14.2 Å². The first kappa shape index (κ1) is 25.3. The summed E-state index contributed by atoms with van der Waals surface area (Å²) in [6, 6.07) is 9.71. The monoisotopic (exact) mass is 487 g/mol. The normalized spacial score (nSPS) is 14.5. The van der Waals surface area contributed by atoms with Gasteiger partial charge >= 0.3 is 16.1 Å². The van der Waals surface area contributed by atoms with E-state index in [1.165, 1.54) is 31.4 Å². The molecule has 0 spiro atoms. The van der Waals surface area contributed by atoms with Crippen molar-refractivity contribution in [3.8, 4) is 11.5 Å². The summed E-state index contributed by atoms with van der Waals surface area (Å²) >= 11 is 0. The molecule has 1 amide bonds. The SMILES string of the molecule is COc1cc(/C=C/C(=O)OCC(=O)NC(C)C2CC2)ccc1OS(=O)(=O)c1cc(C)ccc1C. The van der Waals surface area contributed by atoms with Crippen LogP contribution in [0.4, 0.5) is 0 Å². The van der Waals surface area contributed by atoms with Crippen molar-refractivity contribution in [3.05, 3.63) is 59.2 Å². The summed E-state index contributed by atoms with van der Waals surface area (Å²) in [7, 11) is -2.69. The number of benzene rings is 2. The smallest absolute Gasteiger partial charge is 0.339 e. The molecule has 0 saturated heterocycles. The number of amides is 1. The van der Waals surface area contributed by atoms with Crippen LogP contribution in [0.3, 0.4) is 0 Å². The van der Waals surface area contributed by atoms with Gasteiger partial charge in [-0.25, -0.2) is 4.79 Å². The van der Waals surface area contributed by atoms with E-state index in [2.05, 4.69) is 5.32 Å². The van der Waals surface area contributed by atoms with Gasteiger partial charge in [0.1, 0.15) is 4.90 Å². The van der Waals surface area contributed by atoms with Crippen molar-refractivity contribution in [2.45, 2.75) is 44.6 Å². The summed E-state index contributed by atoms with van der Waals surface area (Å²) < 4.78 is 41.2. The van der Waals surface area contributed by atoms with E-state index in [0.29, 0.717) is 17.0 Å². The molecule has 1 aliphatic carbocycles. The Balaban J connectivity index is 1.62. The van der Waals surface area contributed by atoms with Gasteiger partial charge in [0.05, 0.1) is 7.11 Å². The van der Waals surface area contributed by atoms with Gasteiger partial charge in [-0.15, -0.1) is 0 Å². The minimum atomic E-state index is -4.07. The van der Waals surface area contributed by atoms with E-state index in [-0.39, 0.29) is 35.0 Å². The minimum Gasteiger partial charge on any atom is -0.493 e. The van der Waals surface area contributed by atoms with Crippen LogP contribution in [0.15, 0.2) is 47.4 Å². The number of hydrogen-bond acceptors (Lipinski definition) is 7. The lowest BCUT2D eigenvalue weighted by Crippen LogP contribution is -2.36. The van der Waals surface area contributed by atoms with Crippen LogP contribution in [0.2, 0.25) is 0 Å². The second-order valence-corrected chi connectivity index (χ2v) is 9.87. The predicted octanol–water partition coefficient (Wildman–Crippen LogP) is 3.55. The Labute approximate surface area is 200 Å². The Hall–Kier alpha value is -3.33. The number of carbonyl (C=O) groups excluding carboxylic acids is 2. The molecule has 2 aromatic carbocycles. The Morgan fingerprint density at radius 2 is 1.85 bits per heavy atom. The first-order valence-electron chi connectivity index (χ1n) is 10.9. The van der Waals surface area contributed by atoms with Gasteiger partial charge in [0, 0.05) is 12.1 Å². The maximum Gasteiger partial charge on any atom is 0.339 e. The molecule has 182 valence electrons. The molecule has 0 radical (unpaired) electrons. The van der Waals surface area contributed by atoms with E-state index in [1.54, 1.807) is 32.0 Å². The fourth-order valence-electron chi connectivity index (χ4n) is 3.36. The lowest BCUT2D eigenvalue weighted by molar-refractivity contribution is -0.144. The molecule has 1 aliphatic rings. The summed E-state index contributed by atoms with van der Waals surface area (Å²) in [6.45, 7) is 5.07. The zero-order valence-electron chi connectivity index (χ0n) is 19.7. The van der Waals surface area contributed by atoms with Crippen LogP contribution >= 0.6 is 0 Å². The number of ether oxygens (including phenoxy) is 2. The topological polar surface area (TPSA) is 108 Å². The highest BCUT2D eigenvalue weighted by atomic mass is 32.2. The number of carbonyl (C=O) groups is 2. The number of aryl methyl sites for hydroxylation is 2. The molecule has 8 nitrogen and oxygen atoms in total. The molecule has 0 heterocycles. The van der Waals surface area contributed by atoms with E-state index in [4.69, 9.17) is 13.7 Å². The van der Waals surface area contributed by atoms with E-state index < -0.39 is 16.1 Å². The van der Waals surface area contributed by atoms with Crippen LogP contribution in [-0.4, -0.2) is 40.1 Å². The fraction of sp³-hybridized carbons (Fsp3) is 0.360. The largest absolute Gasteiger partial charge is 0.493 e. The van der Waals surface area contributed by atoms with Gasteiger partial charge in [0.25, 0.3) is 5.91 Å². The molecule has 0 bridgehead atoms. The number of hydrogen-bond donors (Lipinski definition) is 1. The van der Waals surface area contributed by atoms with Gasteiger partial charge in [-0.05, 0) is 80.5 Å². The first-order valence-corrected chi connectivity index (χ1v) is 12.3. The van der Waals surface area contributed by atoms with Crippen LogP contribution in [-0.2, 0) is 24.4 Å². The van der Waals surface area contributed by atoms with Gasteiger partial charge in [0.15, 0.2) is 18.1 Å². The zero-order chi connectivity index (χ0) is 24.9. The molecule has 1 N–H and O–H groups in total. The van der Waals surface area contributed by atoms with Gasteiger partial charge in [-0.3, -0.25) is 4.79 Å². The Morgan fingerprint density at radius 1 is 1.12 bits per heavy atom. The molecule has 0 aliphatic heterocycles. The third-order valence-corrected chi connectivity index (χ3v) is 6.85. The van der Waals surface area contributed by atoms with Gasteiger partial charge in [0.2, 0.25) is 0 Å². The maximum absolute atomic E-state index is 12.8. The summed E-state index contributed by atoms with van der Waals surface area (Å²) in [6.07, 6.45) is 4.86. The van der Waals surface area contributed by atoms with Crippen LogP contribution in [0.5, 0.6) is 11.5 Å². The highest BCUT2D eigenvalue weighted by molar-refractivity contribution is 7.87. The van der Waals surface area contributed by atoms with Crippen LogP contribution in [0.1, 0.15) is 36.5 Å². The van der Waals surface area contributed by atoms with Crippen LogP contribution in [0.25, 0.3) is 6.08 Å². The summed E-state index contributed by atoms with van der Waals surface area (Å²) in [5.74, 6) is -0.305. The van der Waals surface area contributed by atoms with Crippen molar-refractivity contribution < 1.29 is 31.7 Å². The third-order valence-electron chi connectivity index (χ3n) is 5.48. The molecule has 2 aromatic rings. The quantitative estimate of drug-likeness (QED) is 0.310. The number of esters is 1. The number of rotatable bonds is 10. The molecular formula is C25H29NO7S. The Bertz CT molecular complexity index is 1200. The number of nitrogens with one attached hydrogen (secondary N) is 1. The molecule has 3 rings (SSSR count). The summed E-state index contributed by atoms with van der Waals surface area (Å²) in [5.41, 5.74) is 1.91. The molecule has 1 atom stereocenters. The van der Waals surface area contributed by atoms with Crippen molar-refractivity contribution in [2.24, 2.45) is 5.92 Å². The standard InChI is InChI=1S/C25H29NO7S/c1-16-5-6-17(2)23(13-16)34(29,30)33-21-11-7-19(14-22(21)31-4)8-12-25(28)32-15-24(27)26-18(3)20-9-10-20/h5-8,11-14,18,20H,9-10,15H2,1-4H3,(H,26,27)/b12-8+. The molecule has 1 fully saturated rings. The summed E-state index contributed by atoms with van der Waals surface area (Å²) in [4.78, 5) is 23.9. The van der Waals surface area contributed by atoms with E-state index in [0.717, 1.165) is 18.4 Å². The predicted molar refractivity (Wildman–Crippen MR) is 127 cm³/mol. The van der Waals surface area contributed by atoms with E-state index in [9.17, 15) is 18.0 Å². The van der Waals surface area contributed by atoms with Crippen molar-refractivity contribution in [1.29, 1.82) is 0 Å². The maximum atomic E-state index is 12.8. The second-order valence-electron chi connectivity index (χ2n) is 8.35. The lowest BCUT2D eigenvalue weighted by atomic mass is 10.2. The highest BCUT2D eigenvalue weighted by Gasteiger charge is 2.29. The molecular weight excluding hydrogens is 458 g/mol. The molecule has 9 heteroatoms. The van der Waals surface area contributed by atoms with Crippen molar-refractivity contribution in [3.63, 3.8) is 0 Å².